The third-order valence-electron chi connectivity index (χ3n) is 4.18. The smallest absolute Gasteiger partial charge is 0.253 e. The molecule has 0 fully saturated rings. The van der Waals surface area contributed by atoms with Crippen molar-refractivity contribution in [1.82, 2.24) is 19.9 Å². The van der Waals surface area contributed by atoms with Crippen LogP contribution in [0.1, 0.15) is 22.6 Å². The minimum atomic E-state index is -0.134. The van der Waals surface area contributed by atoms with E-state index in [-0.39, 0.29) is 11.9 Å². The maximum atomic E-state index is 12.7. The van der Waals surface area contributed by atoms with E-state index in [4.69, 9.17) is 11.6 Å². The number of rotatable bonds is 2. The van der Waals surface area contributed by atoms with Crippen molar-refractivity contribution in [3.05, 3.63) is 59.3 Å². The molecule has 23 heavy (non-hydrogen) atoms. The molecular formula is C17H15ClN4O. The summed E-state index contributed by atoms with van der Waals surface area (Å²) in [5.74, 6) is 0.940. The molecule has 1 unspecified atom stereocenters. The first-order valence-electron chi connectivity index (χ1n) is 7.56. The molecule has 1 atom stereocenters. The Balaban J connectivity index is 1.61. The van der Waals surface area contributed by atoms with Gasteiger partial charge < -0.3 is 9.88 Å². The van der Waals surface area contributed by atoms with Crippen molar-refractivity contribution < 1.29 is 4.79 Å². The summed E-state index contributed by atoms with van der Waals surface area (Å²) in [4.78, 5) is 21.3. The molecule has 0 saturated carbocycles. The van der Waals surface area contributed by atoms with E-state index >= 15 is 0 Å². The van der Waals surface area contributed by atoms with Gasteiger partial charge in [0.25, 0.3) is 5.91 Å². The van der Waals surface area contributed by atoms with E-state index in [1.54, 1.807) is 18.5 Å². The Hall–Kier alpha value is -2.40. The van der Waals surface area contributed by atoms with Gasteiger partial charge in [0, 0.05) is 48.0 Å². The number of nitrogens with one attached hydrogen (secondary N) is 1. The highest BCUT2D eigenvalue weighted by Crippen LogP contribution is 2.23. The Kier molecular flexibility index (Phi) is 3.50. The van der Waals surface area contributed by atoms with Gasteiger partial charge >= 0.3 is 0 Å². The second kappa shape index (κ2) is 5.66. The number of nitrogens with zero attached hydrogens (tertiary/aromatic N) is 3. The number of aryl methyl sites for hydroxylation is 1. The van der Waals surface area contributed by atoms with Gasteiger partial charge in [-0.15, -0.1) is 0 Å². The molecule has 1 aliphatic rings. The molecule has 2 aromatic heterocycles. The number of fused-ring (bicyclic) bond motifs is 2. The molecule has 0 spiro atoms. The van der Waals surface area contributed by atoms with E-state index in [1.165, 1.54) is 0 Å². The standard InChI is InChI=1S/C17H15ClN4O/c18-12-8-11-2-1-5-20-16(11)14(9-12)17(23)21-13-3-4-15-19-6-7-22(15)10-13/h1-2,5-9,13H,3-4,10H2,(H,21,23). The highest BCUT2D eigenvalue weighted by molar-refractivity contribution is 6.32. The maximum Gasteiger partial charge on any atom is 0.253 e. The Bertz CT molecular complexity index is 889. The average molecular weight is 327 g/mol. The Morgan fingerprint density at radius 2 is 2.22 bits per heavy atom. The van der Waals surface area contributed by atoms with E-state index in [9.17, 15) is 4.79 Å². The summed E-state index contributed by atoms with van der Waals surface area (Å²) < 4.78 is 2.09. The van der Waals surface area contributed by atoms with Crippen LogP contribution in [0.5, 0.6) is 0 Å². The fourth-order valence-corrected chi connectivity index (χ4v) is 3.30. The van der Waals surface area contributed by atoms with Crippen LogP contribution >= 0.6 is 11.6 Å². The number of amides is 1. The molecule has 1 amide bonds. The largest absolute Gasteiger partial charge is 0.347 e. The summed E-state index contributed by atoms with van der Waals surface area (Å²) >= 11 is 6.14. The van der Waals surface area contributed by atoms with Crippen LogP contribution in [0, 0.1) is 0 Å². The first kappa shape index (κ1) is 14.2. The van der Waals surface area contributed by atoms with E-state index in [1.807, 2.05) is 24.4 Å². The van der Waals surface area contributed by atoms with Crippen LogP contribution in [0.2, 0.25) is 5.02 Å². The second-order valence-corrected chi connectivity index (χ2v) is 6.17. The zero-order valence-corrected chi connectivity index (χ0v) is 13.1. The van der Waals surface area contributed by atoms with E-state index in [2.05, 4.69) is 19.9 Å². The van der Waals surface area contributed by atoms with Crippen molar-refractivity contribution in [3.8, 4) is 0 Å². The lowest BCUT2D eigenvalue weighted by atomic mass is 10.1. The number of aromatic nitrogens is 3. The zero-order valence-electron chi connectivity index (χ0n) is 12.4. The summed E-state index contributed by atoms with van der Waals surface area (Å²) in [6, 6.07) is 7.32. The Labute approximate surface area is 138 Å². The van der Waals surface area contributed by atoms with Crippen LogP contribution in [0.25, 0.3) is 10.9 Å². The van der Waals surface area contributed by atoms with Crippen molar-refractivity contribution in [1.29, 1.82) is 0 Å². The van der Waals surface area contributed by atoms with Crippen molar-refractivity contribution in [2.75, 3.05) is 0 Å². The molecule has 3 heterocycles. The van der Waals surface area contributed by atoms with Crippen molar-refractivity contribution >= 4 is 28.4 Å². The monoisotopic (exact) mass is 326 g/mol. The molecule has 3 aromatic rings. The van der Waals surface area contributed by atoms with Crippen LogP contribution in [-0.2, 0) is 13.0 Å². The number of carbonyl (C=O) groups is 1. The number of hydrogen-bond donors (Lipinski definition) is 1. The molecule has 5 nitrogen and oxygen atoms in total. The van der Waals surface area contributed by atoms with Crippen LogP contribution in [0.3, 0.4) is 0 Å². The summed E-state index contributed by atoms with van der Waals surface area (Å²) in [5.41, 5.74) is 1.19. The maximum absolute atomic E-state index is 12.7. The number of imidazole rings is 1. The predicted molar refractivity (Wildman–Crippen MR) is 88.6 cm³/mol. The van der Waals surface area contributed by atoms with Gasteiger partial charge in [-0.25, -0.2) is 4.98 Å². The van der Waals surface area contributed by atoms with Gasteiger partial charge in [-0.1, -0.05) is 17.7 Å². The predicted octanol–water partition coefficient (Wildman–Crippen LogP) is 2.83. The number of halogens is 1. The Morgan fingerprint density at radius 1 is 1.30 bits per heavy atom. The topological polar surface area (TPSA) is 59.8 Å². The fourth-order valence-electron chi connectivity index (χ4n) is 3.08. The molecule has 116 valence electrons. The molecular weight excluding hydrogens is 312 g/mol. The van der Waals surface area contributed by atoms with Gasteiger partial charge in [0.15, 0.2) is 0 Å². The lowest BCUT2D eigenvalue weighted by Gasteiger charge is -2.25. The molecule has 0 bridgehead atoms. The van der Waals surface area contributed by atoms with Crippen molar-refractivity contribution in [2.45, 2.75) is 25.4 Å². The number of hydrogen-bond acceptors (Lipinski definition) is 3. The zero-order chi connectivity index (χ0) is 15.8. The highest BCUT2D eigenvalue weighted by atomic mass is 35.5. The van der Waals surface area contributed by atoms with E-state index < -0.39 is 0 Å². The van der Waals surface area contributed by atoms with Gasteiger partial charge in [0.05, 0.1) is 11.1 Å². The van der Waals surface area contributed by atoms with Gasteiger partial charge in [0.1, 0.15) is 5.82 Å². The molecule has 0 aliphatic carbocycles. The first-order valence-corrected chi connectivity index (χ1v) is 7.93. The minimum absolute atomic E-state index is 0.0851. The summed E-state index contributed by atoms with van der Waals surface area (Å²) in [6.45, 7) is 0.743. The van der Waals surface area contributed by atoms with E-state index in [0.717, 1.165) is 30.6 Å². The molecule has 0 saturated heterocycles. The normalized spacial score (nSPS) is 17.0. The highest BCUT2D eigenvalue weighted by Gasteiger charge is 2.22. The SMILES string of the molecule is O=C(NC1CCc2nccn2C1)c1cc(Cl)cc2cccnc12. The number of benzene rings is 1. The number of carbonyl (C=O) groups excluding carboxylic acids is 1. The van der Waals surface area contributed by atoms with Crippen molar-refractivity contribution in [2.24, 2.45) is 0 Å². The third kappa shape index (κ3) is 2.68. The second-order valence-electron chi connectivity index (χ2n) is 5.73. The Morgan fingerprint density at radius 3 is 3.13 bits per heavy atom. The fraction of sp³-hybridized carbons (Fsp3) is 0.235. The van der Waals surface area contributed by atoms with Crippen molar-refractivity contribution in [3.63, 3.8) is 0 Å². The van der Waals surface area contributed by atoms with Crippen LogP contribution in [0.15, 0.2) is 42.9 Å². The quantitative estimate of drug-likeness (QED) is 0.787. The van der Waals surface area contributed by atoms with Crippen LogP contribution < -0.4 is 5.32 Å². The molecule has 1 N–H and O–H groups in total. The summed E-state index contributed by atoms with van der Waals surface area (Å²) in [5, 5.41) is 4.50. The third-order valence-corrected chi connectivity index (χ3v) is 4.40. The lowest BCUT2D eigenvalue weighted by Crippen LogP contribution is -2.41. The minimum Gasteiger partial charge on any atom is -0.347 e. The molecule has 1 aromatic carbocycles. The summed E-state index contributed by atoms with van der Waals surface area (Å²) in [7, 11) is 0. The molecule has 1 aliphatic heterocycles. The number of pyridine rings is 1. The molecule has 6 heteroatoms. The van der Waals surface area contributed by atoms with Crippen LogP contribution in [0.4, 0.5) is 0 Å². The van der Waals surface area contributed by atoms with Crippen LogP contribution in [-0.4, -0.2) is 26.5 Å². The molecule has 4 rings (SSSR count). The lowest BCUT2D eigenvalue weighted by molar-refractivity contribution is 0.0929. The van der Waals surface area contributed by atoms with Gasteiger partial charge in [0.2, 0.25) is 0 Å². The van der Waals surface area contributed by atoms with Gasteiger partial charge in [-0.3, -0.25) is 9.78 Å². The van der Waals surface area contributed by atoms with Gasteiger partial charge in [-0.05, 0) is 24.6 Å². The van der Waals surface area contributed by atoms with E-state index in [0.29, 0.717) is 16.1 Å². The summed E-state index contributed by atoms with van der Waals surface area (Å²) in [6.07, 6.45) is 7.19. The first-order chi connectivity index (χ1) is 11.2. The van der Waals surface area contributed by atoms with Gasteiger partial charge in [-0.2, -0.15) is 0 Å². The average Bonchev–Trinajstić information content (AvgIpc) is 3.01. The molecule has 0 radical (unpaired) electrons.